The highest BCUT2D eigenvalue weighted by Crippen LogP contribution is 2.17. The lowest BCUT2D eigenvalue weighted by atomic mass is 10.1. The van der Waals surface area contributed by atoms with Crippen LogP contribution in [0.15, 0.2) is 72.1 Å². The molecule has 0 aliphatic heterocycles. The summed E-state index contributed by atoms with van der Waals surface area (Å²) in [6, 6.07) is 17.8. The predicted octanol–water partition coefficient (Wildman–Crippen LogP) is 4.45. The third kappa shape index (κ3) is 5.97. The molecule has 7 heteroatoms. The number of hydrazine groups is 1. The number of halogens is 1. The van der Waals surface area contributed by atoms with Gasteiger partial charge in [0.25, 0.3) is 11.8 Å². The summed E-state index contributed by atoms with van der Waals surface area (Å²) in [6.07, 6.45) is 3.05. The fourth-order valence-electron chi connectivity index (χ4n) is 2.23. The Morgan fingerprint density at radius 2 is 1.75 bits per heavy atom. The Balaban J connectivity index is 1.46. The molecule has 0 saturated heterocycles. The number of amides is 2. The van der Waals surface area contributed by atoms with Crippen LogP contribution in [-0.2, 0) is 11.4 Å². The molecule has 3 aromatic rings. The smallest absolute Gasteiger partial charge is 0.269 e. The molecule has 2 amide bonds. The lowest BCUT2D eigenvalue weighted by Gasteiger charge is -2.08. The summed E-state index contributed by atoms with van der Waals surface area (Å²) in [6.45, 7) is 0.369. The minimum absolute atomic E-state index is 0.369. The zero-order valence-electron chi connectivity index (χ0n) is 14.7. The first-order chi connectivity index (χ1) is 13.6. The van der Waals surface area contributed by atoms with E-state index >= 15 is 0 Å². The molecule has 0 aliphatic carbocycles. The van der Waals surface area contributed by atoms with Crippen LogP contribution in [0.5, 0.6) is 5.75 Å². The topological polar surface area (TPSA) is 67.4 Å². The number of hydrogen-bond acceptors (Lipinski definition) is 4. The molecule has 2 aromatic carbocycles. The number of carbonyl (C=O) groups excluding carboxylic acids is 2. The number of rotatable bonds is 6. The molecule has 142 valence electrons. The molecule has 0 saturated carbocycles. The SMILES string of the molecule is O=C(/C=C/c1cccs1)NNC(=O)c1ccc(COc2ccc(Cl)cc2)cc1. The summed E-state index contributed by atoms with van der Waals surface area (Å²) >= 11 is 7.36. The first kappa shape index (κ1) is 19.7. The fraction of sp³-hybridized carbons (Fsp3) is 0.0476. The molecule has 0 unspecified atom stereocenters. The van der Waals surface area contributed by atoms with Crippen molar-refractivity contribution >= 4 is 40.8 Å². The van der Waals surface area contributed by atoms with E-state index in [0.717, 1.165) is 10.4 Å². The normalized spacial score (nSPS) is 10.6. The van der Waals surface area contributed by atoms with Gasteiger partial charge in [-0.2, -0.15) is 0 Å². The van der Waals surface area contributed by atoms with Crippen LogP contribution in [0.4, 0.5) is 0 Å². The van der Waals surface area contributed by atoms with Crippen molar-refractivity contribution < 1.29 is 14.3 Å². The van der Waals surface area contributed by atoms with Gasteiger partial charge in [-0.25, -0.2) is 0 Å². The molecule has 5 nitrogen and oxygen atoms in total. The van der Waals surface area contributed by atoms with Gasteiger partial charge in [-0.15, -0.1) is 11.3 Å². The molecular formula is C21H17ClN2O3S. The summed E-state index contributed by atoms with van der Waals surface area (Å²) in [5, 5.41) is 2.57. The maximum Gasteiger partial charge on any atom is 0.269 e. The standard InChI is InChI=1S/C21H17ClN2O3S/c22-17-7-9-18(10-8-17)27-14-15-3-5-16(6-4-15)21(26)24-23-20(25)12-11-19-2-1-13-28-19/h1-13H,14H2,(H,23,25)(H,24,26)/b12-11+. The Morgan fingerprint density at radius 3 is 2.43 bits per heavy atom. The summed E-state index contributed by atoms with van der Waals surface area (Å²) in [4.78, 5) is 24.8. The lowest BCUT2D eigenvalue weighted by Crippen LogP contribution is -2.40. The quantitative estimate of drug-likeness (QED) is 0.464. The molecule has 3 rings (SSSR count). The maximum atomic E-state index is 12.1. The summed E-state index contributed by atoms with van der Waals surface area (Å²) in [5.74, 6) is -0.0951. The molecule has 28 heavy (non-hydrogen) atoms. The molecular weight excluding hydrogens is 396 g/mol. The van der Waals surface area contributed by atoms with E-state index in [9.17, 15) is 9.59 Å². The highest BCUT2D eigenvalue weighted by Gasteiger charge is 2.06. The van der Waals surface area contributed by atoms with E-state index in [-0.39, 0.29) is 0 Å². The van der Waals surface area contributed by atoms with Gasteiger partial charge in [-0.05, 0) is 59.5 Å². The second-order valence-electron chi connectivity index (χ2n) is 5.73. The van der Waals surface area contributed by atoms with Gasteiger partial charge in [0.2, 0.25) is 0 Å². The van der Waals surface area contributed by atoms with Crippen LogP contribution in [0, 0.1) is 0 Å². The molecule has 0 radical (unpaired) electrons. The molecule has 0 atom stereocenters. The maximum absolute atomic E-state index is 12.1. The second-order valence-corrected chi connectivity index (χ2v) is 7.15. The van der Waals surface area contributed by atoms with Gasteiger partial charge >= 0.3 is 0 Å². The zero-order chi connectivity index (χ0) is 19.8. The van der Waals surface area contributed by atoms with Crippen molar-refractivity contribution in [3.8, 4) is 5.75 Å². The van der Waals surface area contributed by atoms with Crippen molar-refractivity contribution in [2.24, 2.45) is 0 Å². The summed E-state index contributed by atoms with van der Waals surface area (Å²) < 4.78 is 5.66. The van der Waals surface area contributed by atoms with E-state index in [1.54, 1.807) is 54.6 Å². The van der Waals surface area contributed by atoms with Gasteiger partial charge in [0.1, 0.15) is 12.4 Å². The molecule has 0 spiro atoms. The Bertz CT molecular complexity index is 952. The molecule has 0 bridgehead atoms. The number of thiophene rings is 1. The predicted molar refractivity (Wildman–Crippen MR) is 111 cm³/mol. The van der Waals surface area contributed by atoms with Crippen molar-refractivity contribution in [1.29, 1.82) is 0 Å². The average molecular weight is 413 g/mol. The lowest BCUT2D eigenvalue weighted by molar-refractivity contribution is -0.117. The van der Waals surface area contributed by atoms with Gasteiger partial charge < -0.3 is 4.74 Å². The number of hydrogen-bond donors (Lipinski definition) is 2. The number of nitrogens with one attached hydrogen (secondary N) is 2. The van der Waals surface area contributed by atoms with Crippen LogP contribution < -0.4 is 15.6 Å². The summed E-state index contributed by atoms with van der Waals surface area (Å²) in [7, 11) is 0. The second kappa shape index (κ2) is 9.73. The van der Waals surface area contributed by atoms with Crippen molar-refractivity contribution in [3.05, 3.63) is 93.1 Å². The first-order valence-corrected chi connectivity index (χ1v) is 9.65. The van der Waals surface area contributed by atoms with E-state index in [2.05, 4.69) is 10.9 Å². The minimum Gasteiger partial charge on any atom is -0.489 e. The van der Waals surface area contributed by atoms with Gasteiger partial charge in [0.05, 0.1) is 0 Å². The van der Waals surface area contributed by atoms with Crippen molar-refractivity contribution in [1.82, 2.24) is 10.9 Å². The third-order valence-corrected chi connectivity index (χ3v) is 4.77. The van der Waals surface area contributed by atoms with E-state index < -0.39 is 11.8 Å². The van der Waals surface area contributed by atoms with Crippen LogP contribution in [0.25, 0.3) is 6.08 Å². The Morgan fingerprint density at radius 1 is 1.00 bits per heavy atom. The zero-order valence-corrected chi connectivity index (χ0v) is 16.3. The van der Waals surface area contributed by atoms with Crippen LogP contribution >= 0.6 is 22.9 Å². The molecule has 1 aromatic heterocycles. The van der Waals surface area contributed by atoms with E-state index in [1.165, 1.54) is 17.4 Å². The summed E-state index contributed by atoms with van der Waals surface area (Å²) in [5.41, 5.74) is 6.07. The van der Waals surface area contributed by atoms with Crippen LogP contribution in [0.3, 0.4) is 0 Å². The Labute approximate surface area is 171 Å². The highest BCUT2D eigenvalue weighted by molar-refractivity contribution is 7.10. The highest BCUT2D eigenvalue weighted by atomic mass is 35.5. The van der Waals surface area contributed by atoms with Crippen LogP contribution in [0.1, 0.15) is 20.8 Å². The monoisotopic (exact) mass is 412 g/mol. The van der Waals surface area contributed by atoms with E-state index in [0.29, 0.717) is 22.9 Å². The molecule has 0 fully saturated rings. The molecule has 1 heterocycles. The Kier molecular flexibility index (Phi) is 6.84. The number of ether oxygens (including phenoxy) is 1. The van der Waals surface area contributed by atoms with Crippen molar-refractivity contribution in [2.45, 2.75) is 6.61 Å². The molecule has 2 N–H and O–H groups in total. The molecule has 0 aliphatic rings. The van der Waals surface area contributed by atoms with E-state index in [4.69, 9.17) is 16.3 Å². The largest absolute Gasteiger partial charge is 0.489 e. The van der Waals surface area contributed by atoms with Crippen LogP contribution in [-0.4, -0.2) is 11.8 Å². The van der Waals surface area contributed by atoms with Gasteiger partial charge in [0.15, 0.2) is 0 Å². The third-order valence-electron chi connectivity index (χ3n) is 3.68. The van der Waals surface area contributed by atoms with Gasteiger partial charge in [0, 0.05) is 21.5 Å². The van der Waals surface area contributed by atoms with Gasteiger partial charge in [-0.3, -0.25) is 20.4 Å². The van der Waals surface area contributed by atoms with Gasteiger partial charge in [-0.1, -0.05) is 29.8 Å². The van der Waals surface area contributed by atoms with E-state index in [1.807, 2.05) is 17.5 Å². The minimum atomic E-state index is -0.408. The fourth-order valence-corrected chi connectivity index (χ4v) is 2.97. The number of benzene rings is 2. The van der Waals surface area contributed by atoms with Crippen molar-refractivity contribution in [3.63, 3.8) is 0 Å². The average Bonchev–Trinajstić information content (AvgIpc) is 3.24. The van der Waals surface area contributed by atoms with Crippen LogP contribution in [0.2, 0.25) is 5.02 Å². The Hall–Kier alpha value is -3.09. The van der Waals surface area contributed by atoms with Crippen molar-refractivity contribution in [2.75, 3.05) is 0 Å². The number of carbonyl (C=O) groups is 2. The first-order valence-electron chi connectivity index (χ1n) is 8.39.